The quantitative estimate of drug-likeness (QED) is 0.861. The molecule has 0 saturated carbocycles. The van der Waals surface area contributed by atoms with E-state index in [2.05, 4.69) is 0 Å². The Hall–Kier alpha value is -2.61. The lowest BCUT2D eigenvalue weighted by atomic mass is 10.1. The maximum atomic E-state index is 15.0. The van der Waals surface area contributed by atoms with Crippen molar-refractivity contribution in [3.8, 4) is 5.75 Å². The number of carboxylic acid groups (broad SMARTS) is 1. The smallest absolute Gasteiger partial charge is 0.341 e. The topological polar surface area (TPSA) is 97.8 Å². The van der Waals surface area contributed by atoms with Gasteiger partial charge in [-0.05, 0) is 31.9 Å². The van der Waals surface area contributed by atoms with Crippen LogP contribution in [0.5, 0.6) is 5.75 Å². The molecule has 3 N–H and O–H groups in total. The second-order valence-corrected chi connectivity index (χ2v) is 7.01. The highest BCUT2D eigenvalue weighted by molar-refractivity contribution is 5.97. The fourth-order valence-corrected chi connectivity index (χ4v) is 3.89. The molecule has 3 heterocycles. The molecule has 2 aromatic rings. The number of ether oxygens (including phenoxy) is 1. The SMILES string of the molecule is CC1COc2c(N3CCC(CN)C3)c(F)cc3c(=O)c(C(=O)O)cn1c23. The number of hydrogen-bond donors (Lipinski definition) is 2. The lowest BCUT2D eigenvalue weighted by molar-refractivity contribution is 0.0694. The van der Waals surface area contributed by atoms with E-state index >= 15 is 0 Å². The van der Waals surface area contributed by atoms with Crippen molar-refractivity contribution in [1.82, 2.24) is 4.57 Å². The van der Waals surface area contributed by atoms with E-state index in [1.165, 1.54) is 6.20 Å². The van der Waals surface area contributed by atoms with E-state index in [4.69, 9.17) is 10.5 Å². The lowest BCUT2D eigenvalue weighted by Crippen LogP contribution is -2.29. The molecule has 7 nitrogen and oxygen atoms in total. The number of rotatable bonds is 3. The second kappa shape index (κ2) is 5.98. The monoisotopic (exact) mass is 361 g/mol. The standard InChI is InChI=1S/C18H20FN3O4/c1-9-8-26-17-14-11(16(23)12(18(24)25)7-22(9)14)4-13(19)15(17)21-3-2-10(5-20)6-21/h4,7,9-10H,2-3,5-6,8,20H2,1H3,(H,24,25). The second-order valence-electron chi connectivity index (χ2n) is 7.01. The van der Waals surface area contributed by atoms with E-state index < -0.39 is 17.2 Å². The molecule has 4 rings (SSSR count). The Labute approximate surface area is 148 Å². The maximum absolute atomic E-state index is 15.0. The number of aromatic nitrogens is 1. The van der Waals surface area contributed by atoms with E-state index in [9.17, 15) is 19.1 Å². The van der Waals surface area contributed by atoms with Crippen molar-refractivity contribution in [2.75, 3.05) is 31.1 Å². The van der Waals surface area contributed by atoms with Crippen molar-refractivity contribution < 1.29 is 19.0 Å². The summed E-state index contributed by atoms with van der Waals surface area (Å²) in [5, 5.41) is 9.34. The number of carboxylic acids is 1. The summed E-state index contributed by atoms with van der Waals surface area (Å²) in [6.45, 7) is 3.96. The first kappa shape index (κ1) is 16.8. The van der Waals surface area contributed by atoms with Crippen molar-refractivity contribution in [3.05, 3.63) is 33.9 Å². The van der Waals surface area contributed by atoms with Crippen LogP contribution in [0.1, 0.15) is 29.7 Å². The normalized spacial score (nSPS) is 21.9. The predicted molar refractivity (Wildman–Crippen MR) is 94.7 cm³/mol. The van der Waals surface area contributed by atoms with Crippen LogP contribution in [0.15, 0.2) is 17.1 Å². The first-order chi connectivity index (χ1) is 12.4. The van der Waals surface area contributed by atoms with Gasteiger partial charge in [-0.1, -0.05) is 0 Å². The van der Waals surface area contributed by atoms with E-state index in [1.807, 2.05) is 11.8 Å². The fourth-order valence-electron chi connectivity index (χ4n) is 3.89. The van der Waals surface area contributed by atoms with E-state index in [0.29, 0.717) is 36.6 Å². The minimum absolute atomic E-state index is 0.0299. The molecular formula is C18H20FN3O4. The molecule has 138 valence electrons. The Kier molecular flexibility index (Phi) is 3.87. The minimum atomic E-state index is -1.32. The molecule has 2 atom stereocenters. The zero-order chi connectivity index (χ0) is 18.6. The van der Waals surface area contributed by atoms with Gasteiger partial charge < -0.3 is 25.0 Å². The Morgan fingerprint density at radius 3 is 2.92 bits per heavy atom. The summed E-state index contributed by atoms with van der Waals surface area (Å²) in [4.78, 5) is 25.9. The number of anilines is 1. The van der Waals surface area contributed by atoms with Crippen LogP contribution in [-0.2, 0) is 0 Å². The summed E-state index contributed by atoms with van der Waals surface area (Å²) in [6, 6.07) is 0.966. The molecule has 0 bridgehead atoms. The fraction of sp³-hybridized carbons (Fsp3) is 0.444. The molecule has 1 saturated heterocycles. The molecule has 8 heteroatoms. The number of nitrogens with two attached hydrogens (primary N) is 1. The van der Waals surface area contributed by atoms with Crippen molar-refractivity contribution in [2.24, 2.45) is 11.7 Å². The Balaban J connectivity index is 2.01. The van der Waals surface area contributed by atoms with Gasteiger partial charge in [0.25, 0.3) is 0 Å². The number of nitrogens with zero attached hydrogens (tertiary/aromatic N) is 2. The van der Waals surface area contributed by atoms with Crippen LogP contribution in [0, 0.1) is 11.7 Å². The van der Waals surface area contributed by atoms with Gasteiger partial charge in [-0.2, -0.15) is 0 Å². The molecule has 1 aromatic carbocycles. The van der Waals surface area contributed by atoms with Crippen LogP contribution in [0.25, 0.3) is 10.9 Å². The van der Waals surface area contributed by atoms with Crippen LogP contribution in [0.4, 0.5) is 10.1 Å². The number of benzene rings is 1. The molecule has 0 aliphatic carbocycles. The van der Waals surface area contributed by atoms with Crippen LogP contribution < -0.4 is 20.8 Å². The van der Waals surface area contributed by atoms with Gasteiger partial charge in [-0.3, -0.25) is 4.79 Å². The third-order valence-electron chi connectivity index (χ3n) is 5.31. The first-order valence-electron chi connectivity index (χ1n) is 8.64. The van der Waals surface area contributed by atoms with Crippen molar-refractivity contribution in [2.45, 2.75) is 19.4 Å². The van der Waals surface area contributed by atoms with Gasteiger partial charge in [0.15, 0.2) is 11.6 Å². The van der Waals surface area contributed by atoms with Gasteiger partial charge in [0.05, 0.1) is 16.9 Å². The number of hydrogen-bond acceptors (Lipinski definition) is 5. The predicted octanol–water partition coefficient (Wildman–Crippen LogP) is 1.58. The Morgan fingerprint density at radius 2 is 2.27 bits per heavy atom. The summed E-state index contributed by atoms with van der Waals surface area (Å²) in [6.07, 6.45) is 2.20. The molecule has 0 amide bonds. The van der Waals surface area contributed by atoms with Crippen molar-refractivity contribution >= 4 is 22.6 Å². The summed E-state index contributed by atoms with van der Waals surface area (Å²) in [7, 11) is 0. The molecule has 1 aromatic heterocycles. The number of halogens is 1. The summed E-state index contributed by atoms with van der Waals surface area (Å²) >= 11 is 0. The third-order valence-corrected chi connectivity index (χ3v) is 5.31. The summed E-state index contributed by atoms with van der Waals surface area (Å²) in [5.74, 6) is -1.30. The molecule has 0 radical (unpaired) electrons. The number of carbonyl (C=O) groups is 1. The highest BCUT2D eigenvalue weighted by Crippen LogP contribution is 2.43. The van der Waals surface area contributed by atoms with Gasteiger partial charge in [0.2, 0.25) is 5.43 Å². The van der Waals surface area contributed by atoms with E-state index in [-0.39, 0.29) is 29.5 Å². The molecule has 2 aliphatic rings. The highest BCUT2D eigenvalue weighted by Gasteiger charge is 2.32. The highest BCUT2D eigenvalue weighted by atomic mass is 19.1. The Morgan fingerprint density at radius 1 is 1.50 bits per heavy atom. The maximum Gasteiger partial charge on any atom is 0.341 e. The van der Waals surface area contributed by atoms with Crippen LogP contribution in [0.2, 0.25) is 0 Å². The summed E-state index contributed by atoms with van der Waals surface area (Å²) < 4.78 is 22.5. The van der Waals surface area contributed by atoms with E-state index in [1.54, 1.807) is 4.57 Å². The number of pyridine rings is 1. The van der Waals surface area contributed by atoms with Crippen molar-refractivity contribution in [3.63, 3.8) is 0 Å². The van der Waals surface area contributed by atoms with Gasteiger partial charge >= 0.3 is 5.97 Å². The molecule has 1 fully saturated rings. The molecule has 0 spiro atoms. The molecule has 2 unspecified atom stereocenters. The first-order valence-corrected chi connectivity index (χ1v) is 8.64. The zero-order valence-electron chi connectivity index (χ0n) is 14.4. The number of aromatic carboxylic acids is 1. The van der Waals surface area contributed by atoms with Gasteiger partial charge in [-0.25, -0.2) is 9.18 Å². The minimum Gasteiger partial charge on any atom is -0.487 e. The third kappa shape index (κ3) is 2.36. The Bertz CT molecular complexity index is 971. The van der Waals surface area contributed by atoms with Crippen molar-refractivity contribution in [1.29, 1.82) is 0 Å². The molecule has 26 heavy (non-hydrogen) atoms. The van der Waals surface area contributed by atoms with Crippen LogP contribution in [-0.4, -0.2) is 41.9 Å². The van der Waals surface area contributed by atoms with Gasteiger partial charge in [0.1, 0.15) is 17.9 Å². The van der Waals surface area contributed by atoms with Crippen LogP contribution >= 0.6 is 0 Å². The summed E-state index contributed by atoms with van der Waals surface area (Å²) in [5.41, 5.74) is 5.45. The van der Waals surface area contributed by atoms with E-state index in [0.717, 1.165) is 12.5 Å². The zero-order valence-corrected chi connectivity index (χ0v) is 14.4. The van der Waals surface area contributed by atoms with Gasteiger partial charge in [-0.15, -0.1) is 0 Å². The average Bonchev–Trinajstić information content (AvgIpc) is 3.07. The van der Waals surface area contributed by atoms with Crippen LogP contribution in [0.3, 0.4) is 0 Å². The van der Waals surface area contributed by atoms with Gasteiger partial charge in [0, 0.05) is 19.3 Å². The molecule has 2 aliphatic heterocycles. The average molecular weight is 361 g/mol. The largest absolute Gasteiger partial charge is 0.487 e. The lowest BCUT2D eigenvalue weighted by Gasteiger charge is -2.31. The molecular weight excluding hydrogens is 341 g/mol.